The van der Waals surface area contributed by atoms with Crippen molar-refractivity contribution in [3.63, 3.8) is 0 Å². The van der Waals surface area contributed by atoms with Crippen LogP contribution in [0.15, 0.2) is 55.2 Å². The minimum absolute atomic E-state index is 0.0379. The molecule has 3 atom stereocenters. The Morgan fingerprint density at radius 3 is 2.67 bits per heavy atom. The average molecular weight is 565 g/mol. The van der Waals surface area contributed by atoms with Crippen LogP contribution in [0.1, 0.15) is 81.4 Å². The zero-order valence-electron chi connectivity index (χ0n) is 24.0. The largest absolute Gasteiger partial charge is 0.443 e. The summed E-state index contributed by atoms with van der Waals surface area (Å²) in [5.41, 5.74) is 4.30. The van der Waals surface area contributed by atoms with Gasteiger partial charge in [0.25, 0.3) is 0 Å². The molecule has 2 aliphatic carbocycles. The molecule has 3 heterocycles. The predicted molar refractivity (Wildman–Crippen MR) is 157 cm³/mol. The number of nitriles is 1. The van der Waals surface area contributed by atoms with E-state index in [0.29, 0.717) is 30.2 Å². The van der Waals surface area contributed by atoms with Gasteiger partial charge >= 0.3 is 5.97 Å². The Kier molecular flexibility index (Phi) is 8.13. The molecule has 9 nitrogen and oxygen atoms in total. The van der Waals surface area contributed by atoms with Crippen molar-refractivity contribution < 1.29 is 14.3 Å². The minimum Gasteiger partial charge on any atom is -0.443 e. The smallest absolute Gasteiger partial charge is 0.314 e. The lowest BCUT2D eigenvalue weighted by atomic mass is 9.94. The Bertz CT molecular complexity index is 1610. The van der Waals surface area contributed by atoms with Gasteiger partial charge in [0.1, 0.15) is 17.8 Å². The number of hydrogen-bond acceptors (Lipinski definition) is 7. The lowest BCUT2D eigenvalue weighted by Gasteiger charge is -2.21. The van der Waals surface area contributed by atoms with Crippen LogP contribution in [0.25, 0.3) is 22.3 Å². The molecule has 42 heavy (non-hydrogen) atoms. The third kappa shape index (κ3) is 5.71. The fourth-order valence-electron chi connectivity index (χ4n) is 6.62. The number of carbonyl (C=O) groups is 2. The number of rotatable bonds is 10. The summed E-state index contributed by atoms with van der Waals surface area (Å²) in [6.45, 7) is 1.88. The number of nitrogens with zero attached hydrogens (tertiary/aromatic N) is 6. The number of benzene rings is 1. The second-order valence-electron chi connectivity index (χ2n) is 11.7. The van der Waals surface area contributed by atoms with Crippen LogP contribution in [-0.4, -0.2) is 36.1 Å². The lowest BCUT2D eigenvalue weighted by molar-refractivity contribution is -0.148. The standard InChI is InChI=1S/C33H36N6O3/c1-22(24-11-9-23(10-12-24)17-26-7-4-8-30(26)40)33(41)42-21-38-16-14-28-31(35-20-36-32(28)38)27-18-37-39(19-27)29(13-15-34)25-5-2-3-6-25/h9-12,14,16,18-20,22,25-26,29H,2-8,13,17,21H2,1H3. The van der Waals surface area contributed by atoms with E-state index in [1.807, 2.05) is 54.3 Å². The summed E-state index contributed by atoms with van der Waals surface area (Å²) in [4.78, 5) is 34.0. The highest BCUT2D eigenvalue weighted by Crippen LogP contribution is 2.37. The summed E-state index contributed by atoms with van der Waals surface area (Å²) in [5, 5.41) is 14.9. The Morgan fingerprint density at radius 2 is 1.93 bits per heavy atom. The molecule has 1 aromatic carbocycles. The Hall–Kier alpha value is -4.32. The van der Waals surface area contributed by atoms with Crippen LogP contribution >= 0.6 is 0 Å². The number of Topliss-reactive ketones (excluding diaryl/α,β-unsaturated/α-hetero) is 1. The van der Waals surface area contributed by atoms with Crippen LogP contribution in [0.3, 0.4) is 0 Å². The summed E-state index contributed by atoms with van der Waals surface area (Å²) in [6, 6.07) is 12.3. The third-order valence-electron chi connectivity index (χ3n) is 9.11. The fourth-order valence-corrected chi connectivity index (χ4v) is 6.62. The van der Waals surface area contributed by atoms with Crippen molar-refractivity contribution in [3.8, 4) is 17.3 Å². The fraction of sp³-hybridized carbons (Fsp3) is 0.455. The molecule has 6 rings (SSSR count). The van der Waals surface area contributed by atoms with Gasteiger partial charge in [-0.2, -0.15) is 10.4 Å². The topological polar surface area (TPSA) is 116 Å². The molecule has 3 unspecified atom stereocenters. The maximum Gasteiger partial charge on any atom is 0.314 e. The summed E-state index contributed by atoms with van der Waals surface area (Å²) in [7, 11) is 0. The molecule has 0 saturated heterocycles. The molecule has 0 spiro atoms. The van der Waals surface area contributed by atoms with Crippen LogP contribution in [0, 0.1) is 23.2 Å². The van der Waals surface area contributed by atoms with E-state index < -0.39 is 5.92 Å². The van der Waals surface area contributed by atoms with Gasteiger partial charge in [-0.05, 0) is 62.1 Å². The molecule has 0 amide bonds. The van der Waals surface area contributed by atoms with Gasteiger partial charge in [-0.1, -0.05) is 37.1 Å². The van der Waals surface area contributed by atoms with Crippen LogP contribution in [0.4, 0.5) is 0 Å². The number of esters is 1. The van der Waals surface area contributed by atoms with E-state index in [1.165, 1.54) is 19.2 Å². The van der Waals surface area contributed by atoms with Gasteiger partial charge in [0.05, 0.1) is 36.3 Å². The van der Waals surface area contributed by atoms with Crippen molar-refractivity contribution in [2.45, 2.75) is 83.4 Å². The first-order valence-electron chi connectivity index (χ1n) is 15.0. The second-order valence-corrected chi connectivity index (χ2v) is 11.7. The van der Waals surface area contributed by atoms with E-state index in [9.17, 15) is 14.9 Å². The number of carbonyl (C=O) groups excluding carboxylic acids is 2. The van der Waals surface area contributed by atoms with E-state index in [2.05, 4.69) is 21.1 Å². The van der Waals surface area contributed by atoms with Crippen LogP contribution in [0.2, 0.25) is 0 Å². The summed E-state index contributed by atoms with van der Waals surface area (Å²) in [6.07, 6.45) is 15.7. The first-order valence-corrected chi connectivity index (χ1v) is 15.0. The molecule has 3 aromatic heterocycles. The highest BCUT2D eigenvalue weighted by Gasteiger charge is 2.28. The first kappa shape index (κ1) is 27.8. The van der Waals surface area contributed by atoms with Crippen molar-refractivity contribution in [2.75, 3.05) is 0 Å². The molecule has 0 radical (unpaired) electrons. The maximum atomic E-state index is 13.0. The van der Waals surface area contributed by atoms with Gasteiger partial charge < -0.3 is 4.74 Å². The maximum absolute atomic E-state index is 13.0. The number of aromatic nitrogens is 5. The zero-order chi connectivity index (χ0) is 29.1. The van der Waals surface area contributed by atoms with Crippen molar-refractivity contribution in [1.29, 1.82) is 5.26 Å². The van der Waals surface area contributed by atoms with Gasteiger partial charge in [-0.3, -0.25) is 18.8 Å². The van der Waals surface area contributed by atoms with Gasteiger partial charge in [-0.15, -0.1) is 0 Å². The van der Waals surface area contributed by atoms with Crippen molar-refractivity contribution >= 4 is 22.8 Å². The molecule has 4 aromatic rings. The third-order valence-corrected chi connectivity index (χ3v) is 9.11. The number of fused-ring (bicyclic) bond motifs is 1. The molecule has 0 bridgehead atoms. The van der Waals surface area contributed by atoms with Crippen LogP contribution < -0.4 is 0 Å². The Labute approximate surface area is 245 Å². The molecule has 0 N–H and O–H groups in total. The van der Waals surface area contributed by atoms with Gasteiger partial charge in [0.15, 0.2) is 6.73 Å². The molecular weight excluding hydrogens is 528 g/mol. The highest BCUT2D eigenvalue weighted by atomic mass is 16.5. The highest BCUT2D eigenvalue weighted by molar-refractivity contribution is 5.90. The van der Waals surface area contributed by atoms with E-state index in [1.54, 1.807) is 10.8 Å². The van der Waals surface area contributed by atoms with Crippen molar-refractivity contribution in [3.05, 3.63) is 66.4 Å². The number of ketones is 1. The van der Waals surface area contributed by atoms with E-state index in [0.717, 1.165) is 59.9 Å². The van der Waals surface area contributed by atoms with E-state index in [-0.39, 0.29) is 24.7 Å². The molecule has 9 heteroatoms. The molecular formula is C33H36N6O3. The predicted octanol–water partition coefficient (Wildman–Crippen LogP) is 6.16. The minimum atomic E-state index is -0.425. The van der Waals surface area contributed by atoms with Crippen molar-refractivity contribution in [1.82, 2.24) is 24.3 Å². The summed E-state index contributed by atoms with van der Waals surface area (Å²) >= 11 is 0. The molecule has 0 aliphatic heterocycles. The number of hydrogen-bond donors (Lipinski definition) is 0. The van der Waals surface area contributed by atoms with E-state index >= 15 is 0 Å². The molecule has 2 saturated carbocycles. The quantitative estimate of drug-likeness (QED) is 0.212. The SMILES string of the molecule is CC(C(=O)OCn1ccc2c(-c3cnn(C(CC#N)C4CCCC4)c3)ncnc21)c1ccc(CC2CCCC2=O)cc1. The van der Waals surface area contributed by atoms with Crippen molar-refractivity contribution in [2.24, 2.45) is 11.8 Å². The number of ether oxygens (including phenoxy) is 1. The molecule has 2 fully saturated rings. The van der Waals surface area contributed by atoms with E-state index in [4.69, 9.17) is 4.74 Å². The van der Waals surface area contributed by atoms with Gasteiger partial charge in [-0.25, -0.2) is 9.97 Å². The normalized spacial score (nSPS) is 18.8. The lowest BCUT2D eigenvalue weighted by Crippen LogP contribution is -2.17. The monoisotopic (exact) mass is 564 g/mol. The first-order chi connectivity index (χ1) is 20.5. The molecule has 2 aliphatic rings. The Morgan fingerprint density at radius 1 is 1.12 bits per heavy atom. The van der Waals surface area contributed by atoms with Crippen LogP contribution in [0.5, 0.6) is 0 Å². The zero-order valence-corrected chi connectivity index (χ0v) is 24.0. The Balaban J connectivity index is 1.12. The van der Waals surface area contributed by atoms with Gasteiger partial charge in [0, 0.05) is 35.7 Å². The summed E-state index contributed by atoms with van der Waals surface area (Å²) < 4.78 is 9.43. The van der Waals surface area contributed by atoms with Gasteiger partial charge in [0.2, 0.25) is 0 Å². The average Bonchev–Trinajstić information content (AvgIpc) is 3.83. The summed E-state index contributed by atoms with van der Waals surface area (Å²) in [5.74, 6) is 0.228. The van der Waals surface area contributed by atoms with Crippen LogP contribution in [-0.2, 0) is 27.5 Å². The molecule has 216 valence electrons. The second kappa shape index (κ2) is 12.3.